The molecule has 180 valence electrons. The van der Waals surface area contributed by atoms with Crippen molar-refractivity contribution in [1.82, 2.24) is 19.9 Å². The van der Waals surface area contributed by atoms with Crippen LogP contribution in [0, 0.1) is 0 Å². The Labute approximate surface area is 201 Å². The molecular weight excluding hydrogens is 460 g/mol. The molecule has 0 aliphatic carbocycles. The topological polar surface area (TPSA) is 114 Å². The number of benzene rings is 1. The van der Waals surface area contributed by atoms with E-state index in [2.05, 4.69) is 39.4 Å². The summed E-state index contributed by atoms with van der Waals surface area (Å²) >= 11 is 6.37. The van der Waals surface area contributed by atoms with Crippen molar-refractivity contribution in [3.63, 3.8) is 0 Å². The molecule has 3 N–H and O–H groups in total. The van der Waals surface area contributed by atoms with E-state index in [1.165, 1.54) is 0 Å². The number of rotatable bonds is 6. The van der Waals surface area contributed by atoms with Crippen LogP contribution in [0.4, 0.5) is 17.5 Å². The Kier molecular flexibility index (Phi) is 6.34. The van der Waals surface area contributed by atoms with Gasteiger partial charge in [-0.2, -0.15) is 9.97 Å². The van der Waals surface area contributed by atoms with Crippen molar-refractivity contribution >= 4 is 46.0 Å². The molecule has 1 saturated heterocycles. The van der Waals surface area contributed by atoms with E-state index in [-0.39, 0.29) is 11.9 Å². The normalized spacial score (nSPS) is 16.4. The Hall–Kier alpha value is -3.24. The fourth-order valence-corrected chi connectivity index (χ4v) is 4.19. The molecule has 2 aliphatic rings. The molecule has 0 spiro atoms. The first-order valence-corrected chi connectivity index (χ1v) is 11.8. The van der Waals surface area contributed by atoms with Crippen LogP contribution in [0.15, 0.2) is 18.3 Å². The van der Waals surface area contributed by atoms with E-state index in [1.54, 1.807) is 23.2 Å². The maximum absolute atomic E-state index is 13.1. The lowest BCUT2D eigenvalue weighted by atomic mass is 10.1. The Morgan fingerprint density at radius 3 is 2.71 bits per heavy atom. The van der Waals surface area contributed by atoms with Gasteiger partial charge in [-0.25, -0.2) is 0 Å². The quantitative estimate of drug-likeness (QED) is 0.482. The highest BCUT2D eigenvalue weighted by Gasteiger charge is 2.28. The number of carbonyl (C=O) groups is 1. The Morgan fingerprint density at radius 2 is 1.94 bits per heavy atom. The molecule has 2 aliphatic heterocycles. The summed E-state index contributed by atoms with van der Waals surface area (Å²) in [6, 6.07) is 3.74. The van der Waals surface area contributed by atoms with Crippen LogP contribution >= 0.6 is 11.6 Å². The van der Waals surface area contributed by atoms with Crippen LogP contribution in [-0.4, -0.2) is 71.3 Å². The van der Waals surface area contributed by atoms with Gasteiger partial charge in [0.25, 0.3) is 5.91 Å². The predicted octanol–water partition coefficient (Wildman–Crippen LogP) is 3.81. The van der Waals surface area contributed by atoms with Crippen molar-refractivity contribution in [1.29, 1.82) is 0 Å². The monoisotopic (exact) mass is 486 g/mol. The van der Waals surface area contributed by atoms with Crippen molar-refractivity contribution in [2.45, 2.75) is 26.3 Å². The number of ether oxygens (including phenoxy) is 3. The zero-order valence-electron chi connectivity index (χ0n) is 19.1. The van der Waals surface area contributed by atoms with Gasteiger partial charge in [0.1, 0.15) is 24.7 Å². The molecule has 1 fully saturated rings. The highest BCUT2D eigenvalue weighted by molar-refractivity contribution is 6.36. The smallest absolute Gasteiger partial charge is 0.257 e. The summed E-state index contributed by atoms with van der Waals surface area (Å²) in [6.45, 7) is 7.07. The minimum absolute atomic E-state index is 0.102. The molecule has 10 nitrogen and oxygen atoms in total. The number of aromatic nitrogens is 3. The average molecular weight is 487 g/mol. The molecule has 1 atom stereocenters. The third-order valence-corrected chi connectivity index (χ3v) is 6.24. The molecule has 1 unspecified atom stereocenters. The second-order valence-corrected chi connectivity index (χ2v) is 8.66. The standard InChI is InChI=1S/C23H27ClN6O4/c1-3-13(2)26-21-17-15(24)12-25-20(17)28-23(29-21)27-16-5-4-14(18-19(16)34-11-10-33-18)22(31)30-6-8-32-9-7-30/h4-5,12-13H,3,6-11H2,1-2H3,(H3,25,26,27,28,29). The molecule has 1 aromatic carbocycles. The summed E-state index contributed by atoms with van der Waals surface area (Å²) in [5, 5.41) is 7.92. The van der Waals surface area contributed by atoms with E-state index in [0.717, 1.165) is 11.8 Å². The first kappa shape index (κ1) is 22.5. The molecule has 4 heterocycles. The maximum Gasteiger partial charge on any atom is 0.257 e. The predicted molar refractivity (Wildman–Crippen MR) is 130 cm³/mol. The summed E-state index contributed by atoms with van der Waals surface area (Å²) < 4.78 is 17.2. The van der Waals surface area contributed by atoms with Crippen LogP contribution < -0.4 is 20.1 Å². The van der Waals surface area contributed by atoms with Crippen molar-refractivity contribution in [2.24, 2.45) is 0 Å². The summed E-state index contributed by atoms with van der Waals surface area (Å²) in [5.74, 6) is 1.79. The summed E-state index contributed by atoms with van der Waals surface area (Å²) in [5.41, 5.74) is 1.69. The number of nitrogens with one attached hydrogen (secondary N) is 3. The number of halogens is 1. The van der Waals surface area contributed by atoms with Crippen LogP contribution in [0.25, 0.3) is 11.0 Å². The van der Waals surface area contributed by atoms with Crippen LogP contribution in [0.3, 0.4) is 0 Å². The van der Waals surface area contributed by atoms with Gasteiger partial charge in [0.2, 0.25) is 5.95 Å². The van der Waals surface area contributed by atoms with Crippen molar-refractivity contribution in [3.05, 3.63) is 28.9 Å². The lowest BCUT2D eigenvalue weighted by molar-refractivity contribution is 0.0298. The highest BCUT2D eigenvalue weighted by Crippen LogP contribution is 2.42. The Balaban J connectivity index is 1.49. The third kappa shape index (κ3) is 4.30. The number of morpholine rings is 1. The summed E-state index contributed by atoms with van der Waals surface area (Å²) in [6.07, 6.45) is 2.62. The number of H-pyrrole nitrogens is 1. The fourth-order valence-electron chi connectivity index (χ4n) is 3.95. The van der Waals surface area contributed by atoms with Gasteiger partial charge in [-0.05, 0) is 25.5 Å². The van der Waals surface area contributed by atoms with E-state index >= 15 is 0 Å². The number of hydrogen-bond acceptors (Lipinski definition) is 8. The zero-order chi connectivity index (χ0) is 23.7. The molecule has 1 amide bonds. The zero-order valence-corrected chi connectivity index (χ0v) is 19.9. The minimum atomic E-state index is -0.102. The first-order chi connectivity index (χ1) is 16.5. The van der Waals surface area contributed by atoms with Gasteiger partial charge < -0.3 is 34.7 Å². The number of nitrogens with zero attached hydrogens (tertiary/aromatic N) is 3. The largest absolute Gasteiger partial charge is 0.485 e. The van der Waals surface area contributed by atoms with Crippen LogP contribution in [0.5, 0.6) is 11.5 Å². The van der Waals surface area contributed by atoms with Gasteiger partial charge in [0.05, 0.1) is 34.9 Å². The molecule has 3 aromatic rings. The molecule has 0 radical (unpaired) electrons. The van der Waals surface area contributed by atoms with Gasteiger partial charge in [-0.3, -0.25) is 4.79 Å². The van der Waals surface area contributed by atoms with Gasteiger partial charge in [-0.1, -0.05) is 18.5 Å². The molecule has 2 aromatic heterocycles. The van der Waals surface area contributed by atoms with E-state index < -0.39 is 0 Å². The second-order valence-electron chi connectivity index (χ2n) is 8.26. The van der Waals surface area contributed by atoms with E-state index in [4.69, 9.17) is 25.8 Å². The van der Waals surface area contributed by atoms with Crippen molar-refractivity contribution < 1.29 is 19.0 Å². The number of hydrogen-bond donors (Lipinski definition) is 3. The molecule has 0 saturated carbocycles. The number of anilines is 3. The van der Waals surface area contributed by atoms with Crippen molar-refractivity contribution in [3.8, 4) is 11.5 Å². The Morgan fingerprint density at radius 1 is 1.18 bits per heavy atom. The van der Waals surface area contributed by atoms with Crippen LogP contribution in [0.2, 0.25) is 5.02 Å². The van der Waals surface area contributed by atoms with Crippen LogP contribution in [0.1, 0.15) is 30.6 Å². The van der Waals surface area contributed by atoms with Gasteiger partial charge >= 0.3 is 0 Å². The van der Waals surface area contributed by atoms with Gasteiger partial charge in [0.15, 0.2) is 11.5 Å². The van der Waals surface area contributed by atoms with Gasteiger partial charge in [0, 0.05) is 25.3 Å². The molecule has 0 bridgehead atoms. The van der Waals surface area contributed by atoms with Gasteiger partial charge in [-0.15, -0.1) is 0 Å². The number of fused-ring (bicyclic) bond motifs is 2. The molecule has 11 heteroatoms. The Bertz CT molecular complexity index is 1210. The summed E-state index contributed by atoms with van der Waals surface area (Å²) in [4.78, 5) is 27.2. The highest BCUT2D eigenvalue weighted by atomic mass is 35.5. The molecule has 34 heavy (non-hydrogen) atoms. The lowest BCUT2D eigenvalue weighted by Crippen LogP contribution is -2.41. The van der Waals surface area contributed by atoms with E-state index in [9.17, 15) is 4.79 Å². The number of amides is 1. The first-order valence-electron chi connectivity index (χ1n) is 11.4. The average Bonchev–Trinajstić information content (AvgIpc) is 3.25. The minimum Gasteiger partial charge on any atom is -0.485 e. The number of aromatic amines is 1. The van der Waals surface area contributed by atoms with E-state index in [1.807, 2.05) is 0 Å². The molecular formula is C23H27ClN6O4. The number of carbonyl (C=O) groups excluding carboxylic acids is 1. The third-order valence-electron chi connectivity index (χ3n) is 5.94. The van der Waals surface area contributed by atoms with Crippen molar-refractivity contribution in [2.75, 3.05) is 50.2 Å². The second kappa shape index (κ2) is 9.55. The molecule has 5 rings (SSSR count). The van der Waals surface area contributed by atoms with Crippen LogP contribution in [-0.2, 0) is 4.74 Å². The fraction of sp³-hybridized carbons (Fsp3) is 0.435. The maximum atomic E-state index is 13.1. The SMILES string of the molecule is CCC(C)Nc1nc(Nc2ccc(C(=O)N3CCOCC3)c3c2OCCO3)nc2[nH]cc(Cl)c12. The van der Waals surface area contributed by atoms with E-state index in [0.29, 0.717) is 84.7 Å². The summed E-state index contributed by atoms with van der Waals surface area (Å²) in [7, 11) is 0. The lowest BCUT2D eigenvalue weighted by Gasteiger charge is -2.29.